The molecule has 0 radical (unpaired) electrons. The molecule has 1 saturated heterocycles. The SMILES string of the molecule is Cc1ccccc1CCNC[C@@]1(O)CCN(C(=O)CCc2ccccc2)C[C@@H]1O. The van der Waals surface area contributed by atoms with E-state index in [1.54, 1.807) is 4.90 Å². The van der Waals surface area contributed by atoms with Crippen molar-refractivity contribution in [2.24, 2.45) is 0 Å². The summed E-state index contributed by atoms with van der Waals surface area (Å²) in [6.45, 7) is 3.81. The number of β-amino-alcohol motifs (C(OH)–C–C–N with tert-alkyl or cyclic N) is 1. The van der Waals surface area contributed by atoms with Gasteiger partial charge in [-0.2, -0.15) is 0 Å². The van der Waals surface area contributed by atoms with E-state index in [2.05, 4.69) is 24.4 Å². The van der Waals surface area contributed by atoms with Crippen molar-refractivity contribution in [2.75, 3.05) is 26.2 Å². The third-order valence-electron chi connectivity index (χ3n) is 5.91. The van der Waals surface area contributed by atoms with Gasteiger partial charge in [-0.3, -0.25) is 4.79 Å². The predicted molar refractivity (Wildman–Crippen MR) is 115 cm³/mol. The smallest absolute Gasteiger partial charge is 0.222 e. The quantitative estimate of drug-likeness (QED) is 0.598. The van der Waals surface area contributed by atoms with Crippen LogP contribution in [0.3, 0.4) is 0 Å². The number of hydrogen-bond acceptors (Lipinski definition) is 4. The van der Waals surface area contributed by atoms with E-state index < -0.39 is 11.7 Å². The maximum atomic E-state index is 12.5. The fourth-order valence-corrected chi connectivity index (χ4v) is 3.87. The summed E-state index contributed by atoms with van der Waals surface area (Å²) in [5.41, 5.74) is 2.48. The summed E-state index contributed by atoms with van der Waals surface area (Å²) in [6.07, 6.45) is 1.43. The van der Waals surface area contributed by atoms with Crippen LogP contribution < -0.4 is 5.32 Å². The monoisotopic (exact) mass is 396 g/mol. The minimum absolute atomic E-state index is 0.0301. The first-order valence-corrected chi connectivity index (χ1v) is 10.5. The molecule has 1 heterocycles. The van der Waals surface area contributed by atoms with Gasteiger partial charge in [-0.05, 0) is 49.4 Å². The van der Waals surface area contributed by atoms with Crippen LogP contribution in [-0.4, -0.2) is 58.9 Å². The molecule has 156 valence electrons. The van der Waals surface area contributed by atoms with Crippen LogP contribution in [0.2, 0.25) is 0 Å². The first-order chi connectivity index (χ1) is 14.0. The molecule has 1 fully saturated rings. The van der Waals surface area contributed by atoms with E-state index in [-0.39, 0.29) is 12.5 Å². The van der Waals surface area contributed by atoms with Gasteiger partial charge in [0, 0.05) is 26.1 Å². The van der Waals surface area contributed by atoms with Crippen LogP contribution in [-0.2, 0) is 17.6 Å². The van der Waals surface area contributed by atoms with Gasteiger partial charge in [0.15, 0.2) is 0 Å². The molecule has 29 heavy (non-hydrogen) atoms. The molecule has 5 nitrogen and oxygen atoms in total. The summed E-state index contributed by atoms with van der Waals surface area (Å²) < 4.78 is 0. The Hall–Kier alpha value is -2.21. The lowest BCUT2D eigenvalue weighted by Crippen LogP contribution is -2.60. The topological polar surface area (TPSA) is 72.8 Å². The number of aliphatic hydroxyl groups is 2. The van der Waals surface area contributed by atoms with Crippen molar-refractivity contribution in [1.82, 2.24) is 10.2 Å². The standard InChI is InChI=1S/C24H32N2O3/c1-19-7-5-6-10-21(19)13-15-25-18-24(29)14-16-26(17-22(24)27)23(28)12-11-20-8-3-2-4-9-20/h2-10,22,25,27,29H,11-18H2,1H3/t22-,24-/m0/s1. The highest BCUT2D eigenvalue weighted by molar-refractivity contribution is 5.76. The van der Waals surface area contributed by atoms with Gasteiger partial charge >= 0.3 is 0 Å². The Morgan fingerprint density at radius 2 is 1.86 bits per heavy atom. The molecule has 5 heteroatoms. The fraction of sp³-hybridized carbons (Fsp3) is 0.458. The Morgan fingerprint density at radius 3 is 2.59 bits per heavy atom. The van der Waals surface area contributed by atoms with Crippen molar-refractivity contribution in [3.05, 3.63) is 71.3 Å². The van der Waals surface area contributed by atoms with E-state index in [1.807, 2.05) is 42.5 Å². The highest BCUT2D eigenvalue weighted by Gasteiger charge is 2.41. The molecule has 2 atom stereocenters. The van der Waals surface area contributed by atoms with Crippen LogP contribution in [0.15, 0.2) is 54.6 Å². The van der Waals surface area contributed by atoms with Crippen LogP contribution in [0.1, 0.15) is 29.5 Å². The zero-order valence-corrected chi connectivity index (χ0v) is 17.2. The summed E-state index contributed by atoms with van der Waals surface area (Å²) in [4.78, 5) is 14.2. The second kappa shape index (κ2) is 10.0. The number of carbonyl (C=O) groups is 1. The van der Waals surface area contributed by atoms with E-state index in [0.29, 0.717) is 32.4 Å². The molecular formula is C24H32N2O3. The van der Waals surface area contributed by atoms with E-state index >= 15 is 0 Å². The molecule has 3 N–H and O–H groups in total. The zero-order valence-electron chi connectivity index (χ0n) is 17.2. The minimum atomic E-state index is -1.19. The van der Waals surface area contributed by atoms with Crippen molar-refractivity contribution in [1.29, 1.82) is 0 Å². The molecule has 1 aliphatic heterocycles. The van der Waals surface area contributed by atoms with Gasteiger partial charge in [0.25, 0.3) is 0 Å². The molecule has 0 saturated carbocycles. The van der Waals surface area contributed by atoms with Gasteiger partial charge in [-0.15, -0.1) is 0 Å². The lowest BCUT2D eigenvalue weighted by atomic mass is 9.88. The van der Waals surface area contributed by atoms with Gasteiger partial charge in [-0.1, -0.05) is 54.6 Å². The second-order valence-corrected chi connectivity index (χ2v) is 8.05. The number of amides is 1. The second-order valence-electron chi connectivity index (χ2n) is 8.05. The van der Waals surface area contributed by atoms with Gasteiger partial charge in [0.1, 0.15) is 11.7 Å². The highest BCUT2D eigenvalue weighted by Crippen LogP contribution is 2.23. The Kier molecular flexibility index (Phi) is 7.42. The third kappa shape index (κ3) is 5.89. The van der Waals surface area contributed by atoms with Crippen molar-refractivity contribution >= 4 is 5.91 Å². The fourth-order valence-electron chi connectivity index (χ4n) is 3.87. The van der Waals surface area contributed by atoms with Crippen LogP contribution in [0, 0.1) is 6.92 Å². The van der Waals surface area contributed by atoms with E-state index in [9.17, 15) is 15.0 Å². The molecular weight excluding hydrogens is 364 g/mol. The number of nitrogens with zero attached hydrogens (tertiary/aromatic N) is 1. The number of aliphatic hydroxyl groups excluding tert-OH is 1. The maximum Gasteiger partial charge on any atom is 0.222 e. The molecule has 0 aromatic heterocycles. The average Bonchev–Trinajstić information content (AvgIpc) is 2.73. The van der Waals surface area contributed by atoms with Crippen molar-refractivity contribution in [2.45, 2.75) is 44.3 Å². The Morgan fingerprint density at radius 1 is 1.14 bits per heavy atom. The van der Waals surface area contributed by atoms with Crippen molar-refractivity contribution in [3.8, 4) is 0 Å². The number of rotatable bonds is 8. The van der Waals surface area contributed by atoms with Crippen molar-refractivity contribution < 1.29 is 15.0 Å². The number of carbonyl (C=O) groups excluding carboxylic acids is 1. The number of benzene rings is 2. The average molecular weight is 397 g/mol. The van der Waals surface area contributed by atoms with Gasteiger partial charge in [-0.25, -0.2) is 0 Å². The number of aryl methyl sites for hydroxylation is 2. The maximum absolute atomic E-state index is 12.5. The molecule has 0 bridgehead atoms. The molecule has 1 amide bonds. The summed E-state index contributed by atoms with van der Waals surface area (Å²) in [5.74, 6) is 0.0301. The normalized spacial score (nSPS) is 21.9. The highest BCUT2D eigenvalue weighted by atomic mass is 16.3. The number of piperidine rings is 1. The molecule has 1 aliphatic rings. The van der Waals surface area contributed by atoms with E-state index in [0.717, 1.165) is 18.5 Å². The predicted octanol–water partition coefficient (Wildman–Crippen LogP) is 2.08. The van der Waals surface area contributed by atoms with Crippen LogP contribution in [0.25, 0.3) is 0 Å². The van der Waals surface area contributed by atoms with Gasteiger partial charge < -0.3 is 20.4 Å². The Balaban J connectivity index is 1.42. The summed E-state index contributed by atoms with van der Waals surface area (Å²) >= 11 is 0. The molecule has 2 aromatic carbocycles. The third-order valence-corrected chi connectivity index (χ3v) is 5.91. The zero-order chi connectivity index (χ0) is 20.7. The van der Waals surface area contributed by atoms with E-state index in [4.69, 9.17) is 0 Å². The van der Waals surface area contributed by atoms with Crippen LogP contribution in [0.4, 0.5) is 0 Å². The first kappa shape index (κ1) is 21.5. The van der Waals surface area contributed by atoms with E-state index in [1.165, 1.54) is 11.1 Å². The molecule has 0 spiro atoms. The van der Waals surface area contributed by atoms with Crippen molar-refractivity contribution in [3.63, 3.8) is 0 Å². The molecule has 0 aliphatic carbocycles. The van der Waals surface area contributed by atoms with Gasteiger partial charge in [0.2, 0.25) is 5.91 Å². The van der Waals surface area contributed by atoms with Crippen LogP contribution in [0.5, 0.6) is 0 Å². The Bertz CT molecular complexity index is 796. The Labute approximate surface area is 173 Å². The first-order valence-electron chi connectivity index (χ1n) is 10.5. The number of hydrogen-bond donors (Lipinski definition) is 3. The molecule has 3 rings (SSSR count). The lowest BCUT2D eigenvalue weighted by Gasteiger charge is -2.42. The number of nitrogens with one attached hydrogen (secondary N) is 1. The summed E-state index contributed by atoms with van der Waals surface area (Å²) in [5, 5.41) is 24.6. The summed E-state index contributed by atoms with van der Waals surface area (Å²) in [7, 11) is 0. The van der Waals surface area contributed by atoms with Crippen LogP contribution >= 0.6 is 0 Å². The van der Waals surface area contributed by atoms with Gasteiger partial charge in [0.05, 0.1) is 0 Å². The summed E-state index contributed by atoms with van der Waals surface area (Å²) in [6, 6.07) is 18.2. The largest absolute Gasteiger partial charge is 0.388 e. The lowest BCUT2D eigenvalue weighted by molar-refractivity contribution is -0.148. The molecule has 0 unspecified atom stereocenters. The molecule has 2 aromatic rings. The minimum Gasteiger partial charge on any atom is -0.388 e. The number of likely N-dealkylation sites (tertiary alicyclic amines) is 1.